The Morgan fingerprint density at radius 3 is 2.78 bits per heavy atom. The Kier molecular flexibility index (Phi) is 6.21. The number of carbonyl (C=O) groups excluding carboxylic acids is 2. The number of ether oxygens (including phenoxy) is 2. The fourth-order valence-corrected chi connectivity index (χ4v) is 3.96. The monoisotopic (exact) mass is 505 g/mol. The van der Waals surface area contributed by atoms with Crippen LogP contribution in [0.1, 0.15) is 30.3 Å². The lowest BCUT2D eigenvalue weighted by Gasteiger charge is -2.25. The molecule has 1 aliphatic heterocycles. The predicted octanol–water partition coefficient (Wildman–Crippen LogP) is 4.31. The van der Waals surface area contributed by atoms with E-state index in [1.807, 2.05) is 18.2 Å². The maximum Gasteiger partial charge on any atom is 0.413 e. The molecule has 182 valence electrons. The van der Waals surface area contributed by atoms with Gasteiger partial charge in [-0.3, -0.25) is 10.1 Å². The zero-order valence-electron chi connectivity index (χ0n) is 19.2. The first-order chi connectivity index (χ1) is 17.4. The van der Waals surface area contributed by atoms with Crippen LogP contribution in [0, 0.1) is 0 Å². The Hall–Kier alpha value is -4.51. The molecule has 0 bridgehead atoms. The molecule has 1 aromatic carbocycles. The third kappa shape index (κ3) is 4.56. The minimum absolute atomic E-state index is 0.222. The molecular formula is C24H20ClN7O4. The first-order valence-corrected chi connectivity index (χ1v) is 11.3. The highest BCUT2D eigenvalue weighted by Gasteiger charge is 2.31. The molecule has 11 nitrogen and oxygen atoms in total. The van der Waals surface area contributed by atoms with Gasteiger partial charge >= 0.3 is 6.09 Å². The van der Waals surface area contributed by atoms with E-state index in [1.165, 1.54) is 4.68 Å². The number of anilines is 2. The first-order valence-electron chi connectivity index (χ1n) is 10.9. The van der Waals surface area contributed by atoms with Gasteiger partial charge in [-0.05, 0) is 25.1 Å². The van der Waals surface area contributed by atoms with Gasteiger partial charge in [0.15, 0.2) is 11.5 Å². The van der Waals surface area contributed by atoms with E-state index < -0.39 is 18.3 Å². The van der Waals surface area contributed by atoms with Gasteiger partial charge in [-0.2, -0.15) is 0 Å². The van der Waals surface area contributed by atoms with Crippen LogP contribution >= 0.6 is 11.6 Å². The maximum atomic E-state index is 12.7. The highest BCUT2D eigenvalue weighted by Crippen LogP contribution is 2.36. The van der Waals surface area contributed by atoms with Crippen molar-refractivity contribution in [2.45, 2.75) is 19.1 Å². The summed E-state index contributed by atoms with van der Waals surface area (Å²) in [6, 6.07) is 15.8. The van der Waals surface area contributed by atoms with Crippen LogP contribution in [0.3, 0.4) is 0 Å². The zero-order chi connectivity index (χ0) is 25.2. The molecule has 0 radical (unpaired) electrons. The fourth-order valence-electron chi connectivity index (χ4n) is 3.69. The largest absolute Gasteiger partial charge is 0.458 e. The minimum Gasteiger partial charge on any atom is -0.458 e. The fraction of sp³-hybridized carbons (Fsp3) is 0.167. The average molecular weight is 506 g/mol. The Balaban J connectivity index is 1.37. The molecule has 0 saturated carbocycles. The lowest BCUT2D eigenvalue weighted by Crippen LogP contribution is -2.30. The number of amides is 2. The number of benzene rings is 1. The topological polar surface area (TPSA) is 133 Å². The molecule has 0 saturated heterocycles. The molecule has 5 rings (SSSR count). The van der Waals surface area contributed by atoms with Crippen molar-refractivity contribution in [3.8, 4) is 17.3 Å². The van der Waals surface area contributed by atoms with Gasteiger partial charge in [-0.1, -0.05) is 53.2 Å². The second-order valence-corrected chi connectivity index (χ2v) is 8.27. The summed E-state index contributed by atoms with van der Waals surface area (Å²) in [4.78, 5) is 33.7. The molecule has 1 aliphatic rings. The number of rotatable bonds is 5. The number of fused-ring (bicyclic) bond motifs is 1. The molecule has 1 unspecified atom stereocenters. The van der Waals surface area contributed by atoms with Crippen LogP contribution in [-0.2, 0) is 16.6 Å². The molecule has 2 atom stereocenters. The molecular weight excluding hydrogens is 486 g/mol. The van der Waals surface area contributed by atoms with Gasteiger partial charge in [0.2, 0.25) is 12.0 Å². The van der Waals surface area contributed by atoms with E-state index in [0.717, 1.165) is 0 Å². The van der Waals surface area contributed by atoms with Crippen LogP contribution in [0.15, 0.2) is 60.8 Å². The number of aromatic nitrogens is 5. The molecule has 12 heteroatoms. The standard InChI is InChI=1S/C24H20ClN7O4/c1-13(15-9-6-12-26-20(15)25)35-24(34)29-21-18(30-31-32(21)2)16-10-11-17-23(28-16)36-19(22(33)27-17)14-7-4-3-5-8-14/h3-13,19H,1-2H3,(H,27,33)(H,29,34)/t13-,19?/m1/s1. The summed E-state index contributed by atoms with van der Waals surface area (Å²) in [7, 11) is 1.62. The Labute approximate surface area is 210 Å². The van der Waals surface area contributed by atoms with E-state index in [0.29, 0.717) is 28.2 Å². The van der Waals surface area contributed by atoms with Gasteiger partial charge in [-0.15, -0.1) is 5.10 Å². The first kappa shape index (κ1) is 23.2. The lowest BCUT2D eigenvalue weighted by molar-refractivity contribution is -0.123. The molecule has 2 N–H and O–H groups in total. The molecule has 4 heterocycles. The van der Waals surface area contributed by atoms with Gasteiger partial charge in [0.1, 0.15) is 16.9 Å². The molecule has 0 spiro atoms. The predicted molar refractivity (Wildman–Crippen MR) is 130 cm³/mol. The summed E-state index contributed by atoms with van der Waals surface area (Å²) in [6.07, 6.45) is -0.685. The summed E-state index contributed by atoms with van der Waals surface area (Å²) in [5.74, 6) is 0.187. The maximum absolute atomic E-state index is 12.7. The highest BCUT2D eigenvalue weighted by atomic mass is 35.5. The summed E-state index contributed by atoms with van der Waals surface area (Å²) >= 11 is 6.10. The van der Waals surface area contributed by atoms with E-state index in [-0.39, 0.29) is 22.8 Å². The van der Waals surface area contributed by atoms with E-state index in [4.69, 9.17) is 21.1 Å². The number of carbonyl (C=O) groups is 2. The van der Waals surface area contributed by atoms with Crippen LogP contribution < -0.4 is 15.4 Å². The molecule has 0 fully saturated rings. The number of hydrogen-bond donors (Lipinski definition) is 2. The van der Waals surface area contributed by atoms with E-state index in [9.17, 15) is 9.59 Å². The number of pyridine rings is 2. The molecule has 3 aromatic heterocycles. The number of aryl methyl sites for hydroxylation is 1. The molecule has 4 aromatic rings. The molecule has 36 heavy (non-hydrogen) atoms. The Bertz CT molecular complexity index is 1440. The second-order valence-electron chi connectivity index (χ2n) is 7.91. The zero-order valence-corrected chi connectivity index (χ0v) is 19.9. The van der Waals surface area contributed by atoms with Crippen molar-refractivity contribution < 1.29 is 19.1 Å². The van der Waals surface area contributed by atoms with E-state index in [2.05, 4.69) is 30.9 Å². The van der Waals surface area contributed by atoms with Crippen molar-refractivity contribution >= 4 is 35.1 Å². The third-order valence-electron chi connectivity index (χ3n) is 5.49. The number of hydrogen-bond acceptors (Lipinski definition) is 8. The van der Waals surface area contributed by atoms with Crippen LogP contribution in [0.4, 0.5) is 16.3 Å². The molecule has 2 amide bonds. The Morgan fingerprint density at radius 1 is 1.19 bits per heavy atom. The summed E-state index contributed by atoms with van der Waals surface area (Å²) in [6.45, 7) is 1.69. The number of nitrogens with one attached hydrogen (secondary N) is 2. The van der Waals surface area contributed by atoms with Crippen LogP contribution in [0.25, 0.3) is 11.4 Å². The smallest absolute Gasteiger partial charge is 0.413 e. The lowest BCUT2D eigenvalue weighted by atomic mass is 10.1. The highest BCUT2D eigenvalue weighted by molar-refractivity contribution is 6.30. The van der Waals surface area contributed by atoms with Crippen molar-refractivity contribution in [2.75, 3.05) is 10.6 Å². The van der Waals surface area contributed by atoms with E-state index in [1.54, 1.807) is 56.6 Å². The number of nitrogens with zero attached hydrogens (tertiary/aromatic N) is 5. The molecule has 0 aliphatic carbocycles. The van der Waals surface area contributed by atoms with Gasteiger partial charge in [0.25, 0.3) is 5.91 Å². The third-order valence-corrected chi connectivity index (χ3v) is 5.80. The quantitative estimate of drug-likeness (QED) is 0.383. The normalized spacial score (nSPS) is 15.3. The second kappa shape index (κ2) is 9.62. The summed E-state index contributed by atoms with van der Waals surface area (Å²) in [5.41, 5.74) is 2.36. The van der Waals surface area contributed by atoms with Crippen molar-refractivity contribution in [1.82, 2.24) is 25.0 Å². The van der Waals surface area contributed by atoms with Gasteiger partial charge in [-0.25, -0.2) is 19.4 Å². The average Bonchev–Trinajstić information content (AvgIpc) is 3.23. The van der Waals surface area contributed by atoms with Crippen molar-refractivity contribution in [2.24, 2.45) is 7.05 Å². The number of halogens is 1. The van der Waals surface area contributed by atoms with Crippen molar-refractivity contribution in [1.29, 1.82) is 0 Å². The van der Waals surface area contributed by atoms with Crippen LogP contribution in [0.5, 0.6) is 5.88 Å². The Morgan fingerprint density at radius 2 is 2.00 bits per heavy atom. The van der Waals surface area contributed by atoms with Crippen LogP contribution in [-0.4, -0.2) is 37.0 Å². The van der Waals surface area contributed by atoms with Gasteiger partial charge in [0.05, 0.1) is 5.69 Å². The van der Waals surface area contributed by atoms with Gasteiger partial charge in [0, 0.05) is 24.4 Å². The van der Waals surface area contributed by atoms with Crippen LogP contribution in [0.2, 0.25) is 5.15 Å². The van der Waals surface area contributed by atoms with Crippen molar-refractivity contribution in [3.63, 3.8) is 0 Å². The van der Waals surface area contributed by atoms with Crippen molar-refractivity contribution in [3.05, 3.63) is 77.1 Å². The minimum atomic E-state index is -0.850. The summed E-state index contributed by atoms with van der Waals surface area (Å²) in [5, 5.41) is 13.9. The van der Waals surface area contributed by atoms with E-state index >= 15 is 0 Å². The SMILES string of the molecule is C[C@@H](OC(=O)Nc1c(-c2ccc3c(n2)OC(c2ccccc2)C(=O)N3)nnn1C)c1cccnc1Cl. The summed E-state index contributed by atoms with van der Waals surface area (Å²) < 4.78 is 12.8. The van der Waals surface area contributed by atoms with Gasteiger partial charge < -0.3 is 14.8 Å².